The number of nitrogen functional groups attached to an aromatic ring is 1. The van der Waals surface area contributed by atoms with Crippen molar-refractivity contribution in [2.45, 2.75) is 37.5 Å². The largest absolute Gasteiger partial charge is 0.482 e. The smallest absolute Gasteiger partial charge is 0.258 e. The lowest BCUT2D eigenvalue weighted by atomic mass is 10.2. The second-order valence-electron chi connectivity index (χ2n) is 4.93. The van der Waals surface area contributed by atoms with Gasteiger partial charge in [0.25, 0.3) is 5.91 Å². The number of hydrogen-bond donors (Lipinski definition) is 2. The van der Waals surface area contributed by atoms with E-state index < -0.39 is 0 Å². The van der Waals surface area contributed by atoms with E-state index in [1.807, 2.05) is 23.9 Å². The first-order valence-electron chi connectivity index (χ1n) is 7.09. The Labute approximate surface area is 124 Å². The number of nitrogens with two attached hydrogens (primary N) is 1. The van der Waals surface area contributed by atoms with Crippen molar-refractivity contribution in [2.75, 3.05) is 18.1 Å². The molecular weight excluding hydrogens is 272 g/mol. The van der Waals surface area contributed by atoms with Crippen LogP contribution in [0.25, 0.3) is 0 Å². The highest BCUT2D eigenvalue weighted by atomic mass is 32.2. The fraction of sp³-hybridized carbons (Fsp3) is 0.533. The average Bonchev–Trinajstić information content (AvgIpc) is 2.86. The number of amides is 1. The molecule has 0 spiro atoms. The number of nitrogens with one attached hydrogen (secondary N) is 1. The molecule has 20 heavy (non-hydrogen) atoms. The Morgan fingerprint density at radius 2 is 2.25 bits per heavy atom. The summed E-state index contributed by atoms with van der Waals surface area (Å²) in [6, 6.07) is 7.50. The minimum atomic E-state index is -0.0677. The summed E-state index contributed by atoms with van der Waals surface area (Å²) in [6.07, 6.45) is 3.45. The molecule has 1 aliphatic carbocycles. The van der Waals surface area contributed by atoms with Crippen LogP contribution in [0.3, 0.4) is 0 Å². The predicted octanol–water partition coefficient (Wildman–Crippen LogP) is 2.44. The first-order valence-corrected chi connectivity index (χ1v) is 8.14. The van der Waals surface area contributed by atoms with E-state index >= 15 is 0 Å². The van der Waals surface area contributed by atoms with Gasteiger partial charge in [0, 0.05) is 11.3 Å². The van der Waals surface area contributed by atoms with Crippen LogP contribution in [0.1, 0.15) is 26.2 Å². The van der Waals surface area contributed by atoms with Crippen LogP contribution in [0.15, 0.2) is 24.3 Å². The van der Waals surface area contributed by atoms with Gasteiger partial charge in [-0.15, -0.1) is 0 Å². The van der Waals surface area contributed by atoms with Crippen LogP contribution in [0.4, 0.5) is 5.69 Å². The lowest BCUT2D eigenvalue weighted by molar-refractivity contribution is -0.123. The van der Waals surface area contributed by atoms with Crippen molar-refractivity contribution in [1.29, 1.82) is 0 Å². The van der Waals surface area contributed by atoms with Gasteiger partial charge in [-0.25, -0.2) is 0 Å². The number of ether oxygens (including phenoxy) is 1. The molecule has 2 atom stereocenters. The van der Waals surface area contributed by atoms with Gasteiger partial charge in [-0.05, 0) is 30.7 Å². The van der Waals surface area contributed by atoms with Crippen molar-refractivity contribution in [3.63, 3.8) is 0 Å². The molecule has 1 aliphatic rings. The molecular formula is C15H22N2O2S. The van der Waals surface area contributed by atoms with Crippen molar-refractivity contribution >= 4 is 23.4 Å². The third-order valence-electron chi connectivity index (χ3n) is 3.46. The zero-order chi connectivity index (χ0) is 14.4. The van der Waals surface area contributed by atoms with Gasteiger partial charge < -0.3 is 15.8 Å². The number of benzene rings is 1. The van der Waals surface area contributed by atoms with Crippen LogP contribution < -0.4 is 15.8 Å². The molecule has 0 aromatic heterocycles. The molecule has 1 amide bonds. The first kappa shape index (κ1) is 15.0. The Kier molecular flexibility index (Phi) is 5.59. The first-order chi connectivity index (χ1) is 9.70. The lowest BCUT2D eigenvalue weighted by Gasteiger charge is -2.20. The van der Waals surface area contributed by atoms with Crippen molar-refractivity contribution in [2.24, 2.45) is 0 Å². The summed E-state index contributed by atoms with van der Waals surface area (Å²) in [7, 11) is 0. The predicted molar refractivity (Wildman–Crippen MR) is 84.1 cm³/mol. The minimum absolute atomic E-state index is 0.0220. The van der Waals surface area contributed by atoms with Crippen LogP contribution >= 0.6 is 11.8 Å². The fourth-order valence-electron chi connectivity index (χ4n) is 2.51. The van der Waals surface area contributed by atoms with Crippen molar-refractivity contribution in [3.8, 4) is 5.75 Å². The quantitative estimate of drug-likeness (QED) is 0.791. The number of carbonyl (C=O) groups is 1. The summed E-state index contributed by atoms with van der Waals surface area (Å²) in [6.45, 7) is 2.18. The number of hydrogen-bond acceptors (Lipinski definition) is 4. The van der Waals surface area contributed by atoms with Crippen LogP contribution in [0.2, 0.25) is 0 Å². The van der Waals surface area contributed by atoms with E-state index in [-0.39, 0.29) is 18.6 Å². The Balaban J connectivity index is 1.79. The van der Waals surface area contributed by atoms with E-state index in [0.717, 1.165) is 12.2 Å². The summed E-state index contributed by atoms with van der Waals surface area (Å²) < 4.78 is 5.46. The van der Waals surface area contributed by atoms with Gasteiger partial charge >= 0.3 is 0 Å². The molecule has 5 heteroatoms. The summed E-state index contributed by atoms with van der Waals surface area (Å²) in [4.78, 5) is 11.9. The standard InChI is InChI=1S/C15H22N2O2S/c1-2-20-14-9-5-7-12(14)17-15(18)10-19-13-8-4-3-6-11(13)16/h3-4,6,8,12,14H,2,5,7,9-10,16H2,1H3,(H,17,18). The summed E-state index contributed by atoms with van der Waals surface area (Å²) >= 11 is 1.93. The molecule has 0 saturated heterocycles. The van der Waals surface area contributed by atoms with E-state index in [9.17, 15) is 4.79 Å². The normalized spacial score (nSPS) is 21.6. The van der Waals surface area contributed by atoms with Crippen molar-refractivity contribution in [3.05, 3.63) is 24.3 Å². The average molecular weight is 294 g/mol. The molecule has 3 N–H and O–H groups in total. The second kappa shape index (κ2) is 7.43. The van der Waals surface area contributed by atoms with Crippen LogP contribution in [-0.4, -0.2) is 29.6 Å². The van der Waals surface area contributed by atoms with Gasteiger partial charge in [0.1, 0.15) is 5.75 Å². The monoisotopic (exact) mass is 294 g/mol. The van der Waals surface area contributed by atoms with Gasteiger partial charge in [0.2, 0.25) is 0 Å². The fourth-order valence-corrected chi connectivity index (χ4v) is 3.71. The number of anilines is 1. The highest BCUT2D eigenvalue weighted by Crippen LogP contribution is 2.29. The minimum Gasteiger partial charge on any atom is -0.482 e. The zero-order valence-electron chi connectivity index (χ0n) is 11.8. The molecule has 1 aromatic rings. The summed E-state index contributed by atoms with van der Waals surface area (Å²) in [5.41, 5.74) is 6.33. The SMILES string of the molecule is CCSC1CCCC1NC(=O)COc1ccccc1N. The van der Waals surface area contributed by atoms with E-state index in [4.69, 9.17) is 10.5 Å². The molecule has 2 rings (SSSR count). The molecule has 0 bridgehead atoms. The number of rotatable bonds is 6. The maximum absolute atomic E-state index is 11.9. The van der Waals surface area contributed by atoms with E-state index in [1.165, 1.54) is 12.8 Å². The van der Waals surface area contributed by atoms with Gasteiger partial charge in [0.15, 0.2) is 6.61 Å². The summed E-state index contributed by atoms with van der Waals surface area (Å²) in [5, 5.41) is 3.62. The lowest BCUT2D eigenvalue weighted by Crippen LogP contribution is -2.41. The molecule has 1 aromatic carbocycles. The Morgan fingerprint density at radius 1 is 1.45 bits per heavy atom. The van der Waals surface area contributed by atoms with Gasteiger partial charge in [-0.1, -0.05) is 25.5 Å². The van der Waals surface area contributed by atoms with Gasteiger partial charge in [-0.3, -0.25) is 4.79 Å². The van der Waals surface area contributed by atoms with Crippen molar-refractivity contribution in [1.82, 2.24) is 5.32 Å². The summed E-state index contributed by atoms with van der Waals surface area (Å²) in [5.74, 6) is 1.59. The highest BCUT2D eigenvalue weighted by Gasteiger charge is 2.28. The van der Waals surface area contributed by atoms with Crippen molar-refractivity contribution < 1.29 is 9.53 Å². The molecule has 0 aliphatic heterocycles. The maximum Gasteiger partial charge on any atom is 0.258 e. The molecule has 2 unspecified atom stereocenters. The highest BCUT2D eigenvalue weighted by molar-refractivity contribution is 7.99. The molecule has 0 heterocycles. The van der Waals surface area contributed by atoms with Crippen LogP contribution in [0.5, 0.6) is 5.75 Å². The number of para-hydroxylation sites is 2. The molecule has 4 nitrogen and oxygen atoms in total. The Bertz CT molecular complexity index is 453. The maximum atomic E-state index is 11.9. The molecule has 0 radical (unpaired) electrons. The topological polar surface area (TPSA) is 64.3 Å². The van der Waals surface area contributed by atoms with E-state index in [0.29, 0.717) is 16.7 Å². The third-order valence-corrected chi connectivity index (χ3v) is 4.78. The van der Waals surface area contributed by atoms with E-state index in [2.05, 4.69) is 12.2 Å². The second-order valence-corrected chi connectivity index (χ2v) is 6.44. The molecule has 1 fully saturated rings. The molecule has 1 saturated carbocycles. The van der Waals surface area contributed by atoms with Gasteiger partial charge in [0.05, 0.1) is 5.69 Å². The van der Waals surface area contributed by atoms with Gasteiger partial charge in [-0.2, -0.15) is 11.8 Å². The number of thioether (sulfide) groups is 1. The Hall–Kier alpha value is -1.36. The van der Waals surface area contributed by atoms with Crippen LogP contribution in [-0.2, 0) is 4.79 Å². The third kappa shape index (κ3) is 4.07. The zero-order valence-corrected chi connectivity index (χ0v) is 12.6. The van der Waals surface area contributed by atoms with E-state index in [1.54, 1.807) is 12.1 Å². The molecule has 110 valence electrons. The number of carbonyl (C=O) groups excluding carboxylic acids is 1. The van der Waals surface area contributed by atoms with Crippen LogP contribution in [0, 0.1) is 0 Å². The Morgan fingerprint density at radius 3 is 3.00 bits per heavy atom.